The van der Waals surface area contributed by atoms with Crippen LogP contribution < -0.4 is 20.4 Å². The highest BCUT2D eigenvalue weighted by atomic mass is 16.4. The Balaban J connectivity index is -0.000000161. The fraction of sp³-hybridized carbons (Fsp3) is 0.714. The van der Waals surface area contributed by atoms with Gasteiger partial charge in [0.25, 0.3) is 0 Å². The fourth-order valence-corrected chi connectivity index (χ4v) is 1.15. The van der Waals surface area contributed by atoms with Crippen molar-refractivity contribution in [3.8, 4) is 0 Å². The second-order valence-corrected chi connectivity index (χ2v) is 6.44. The Hall–Kier alpha value is -2.38. The van der Waals surface area contributed by atoms with Crippen molar-refractivity contribution in [1.29, 1.82) is 0 Å². The van der Waals surface area contributed by atoms with Crippen LogP contribution in [0, 0.1) is 11.8 Å². The maximum atomic E-state index is 10.2. The summed E-state index contributed by atoms with van der Waals surface area (Å²) >= 11 is 0. The van der Waals surface area contributed by atoms with E-state index in [4.69, 9.17) is 0 Å². The van der Waals surface area contributed by atoms with Gasteiger partial charge in [0.2, 0.25) is 0 Å². The van der Waals surface area contributed by atoms with E-state index in [1.807, 2.05) is 13.8 Å². The highest BCUT2D eigenvalue weighted by Crippen LogP contribution is 2.10. The SMILES string of the molecule is CC(C)CCC(C(=O)[O-])C(=O)[O-].CC=C(C(=O)[O-])C(=O)[O-].CCCC.CCCC. The highest BCUT2D eigenvalue weighted by Gasteiger charge is 2.11. The van der Waals surface area contributed by atoms with Gasteiger partial charge in [-0.1, -0.05) is 73.3 Å². The summed E-state index contributed by atoms with van der Waals surface area (Å²) < 4.78 is 0. The summed E-state index contributed by atoms with van der Waals surface area (Å²) in [5, 5.41) is 40.0. The topological polar surface area (TPSA) is 161 Å². The predicted octanol–water partition coefficient (Wildman–Crippen LogP) is -0.416. The van der Waals surface area contributed by atoms with Gasteiger partial charge in [-0.3, -0.25) is 0 Å². The molecule has 29 heavy (non-hydrogen) atoms. The fourth-order valence-electron chi connectivity index (χ4n) is 1.15. The Morgan fingerprint density at radius 3 is 1.10 bits per heavy atom. The molecule has 0 saturated heterocycles. The molecule has 0 fully saturated rings. The molecule has 8 heteroatoms. The van der Waals surface area contributed by atoms with Crippen LogP contribution in [0.5, 0.6) is 0 Å². The number of carbonyl (C=O) groups is 4. The number of carboxylic acids is 4. The highest BCUT2D eigenvalue weighted by molar-refractivity contribution is 6.10. The van der Waals surface area contributed by atoms with Gasteiger partial charge < -0.3 is 39.6 Å². The minimum absolute atomic E-state index is 0.0856. The Morgan fingerprint density at radius 2 is 1.00 bits per heavy atom. The average Bonchev–Trinajstić information content (AvgIpc) is 2.61. The van der Waals surface area contributed by atoms with Crippen molar-refractivity contribution in [3.63, 3.8) is 0 Å². The molecular formula is C21H36O8-4. The molecule has 0 aromatic rings. The number of hydrogen-bond acceptors (Lipinski definition) is 8. The number of carboxylic acid groups (broad SMARTS) is 4. The summed E-state index contributed by atoms with van der Waals surface area (Å²) in [7, 11) is 0. The lowest BCUT2D eigenvalue weighted by atomic mass is 9.98. The minimum Gasteiger partial charge on any atom is -0.549 e. The van der Waals surface area contributed by atoms with Crippen LogP contribution in [-0.2, 0) is 19.2 Å². The summed E-state index contributed by atoms with van der Waals surface area (Å²) in [6.45, 7) is 13.8. The van der Waals surface area contributed by atoms with Gasteiger partial charge in [-0.15, -0.1) is 0 Å². The van der Waals surface area contributed by atoms with Crippen LogP contribution in [-0.4, -0.2) is 23.9 Å². The number of allylic oxidation sites excluding steroid dienone is 1. The second-order valence-electron chi connectivity index (χ2n) is 6.44. The third kappa shape index (κ3) is 27.9. The molecule has 0 rings (SSSR count). The van der Waals surface area contributed by atoms with E-state index in [1.54, 1.807) is 0 Å². The smallest absolute Gasteiger partial charge is 0.0730 e. The molecule has 172 valence electrons. The largest absolute Gasteiger partial charge is 0.549 e. The van der Waals surface area contributed by atoms with E-state index in [2.05, 4.69) is 27.7 Å². The Labute approximate surface area is 174 Å². The van der Waals surface area contributed by atoms with Crippen molar-refractivity contribution in [2.75, 3.05) is 0 Å². The second kappa shape index (κ2) is 23.7. The molecule has 0 radical (unpaired) electrons. The molecule has 0 amide bonds. The molecule has 0 N–H and O–H groups in total. The maximum Gasteiger partial charge on any atom is 0.0730 e. The lowest BCUT2D eigenvalue weighted by Gasteiger charge is -2.19. The number of carbonyl (C=O) groups excluding carboxylic acids is 4. The molecule has 0 saturated carbocycles. The summed E-state index contributed by atoms with van der Waals surface area (Å²) in [6, 6.07) is 0. The molecule has 0 heterocycles. The first-order chi connectivity index (χ1) is 13.4. The van der Waals surface area contributed by atoms with Crippen molar-refractivity contribution < 1.29 is 39.6 Å². The van der Waals surface area contributed by atoms with Crippen molar-refractivity contribution in [3.05, 3.63) is 11.6 Å². The summed E-state index contributed by atoms with van der Waals surface area (Å²) in [6.07, 6.45) is 6.82. The van der Waals surface area contributed by atoms with Crippen LogP contribution >= 0.6 is 0 Å². The molecule has 0 atom stereocenters. The molecule has 0 aromatic heterocycles. The third-order valence-electron chi connectivity index (χ3n) is 3.33. The lowest BCUT2D eigenvalue weighted by molar-refractivity contribution is -0.332. The van der Waals surface area contributed by atoms with Crippen LogP contribution in [0.25, 0.3) is 0 Å². The molecule has 0 aliphatic carbocycles. The zero-order chi connectivity index (χ0) is 24.0. The molecule has 8 nitrogen and oxygen atoms in total. The quantitative estimate of drug-likeness (QED) is 0.278. The van der Waals surface area contributed by atoms with Gasteiger partial charge in [0, 0.05) is 11.5 Å². The van der Waals surface area contributed by atoms with Gasteiger partial charge in [-0.25, -0.2) is 0 Å². The normalized spacial score (nSPS) is 9.00. The van der Waals surface area contributed by atoms with Gasteiger partial charge in [0.05, 0.1) is 23.9 Å². The molecule has 0 spiro atoms. The van der Waals surface area contributed by atoms with Crippen LogP contribution in [0.3, 0.4) is 0 Å². The van der Waals surface area contributed by atoms with E-state index in [-0.39, 0.29) is 12.3 Å². The van der Waals surface area contributed by atoms with Crippen molar-refractivity contribution >= 4 is 23.9 Å². The number of aliphatic carboxylic acids is 4. The first-order valence-corrected chi connectivity index (χ1v) is 9.88. The number of unbranched alkanes of at least 4 members (excludes halogenated alkanes) is 2. The third-order valence-corrected chi connectivity index (χ3v) is 3.33. The lowest BCUT2D eigenvalue weighted by Crippen LogP contribution is -2.43. The standard InChI is InChI=1S/C8H14O4.C5H6O4.2C4H10/c1-5(2)3-4-6(7(9)10)8(11)12;1-2-3(4(6)7)5(8)9;2*1-3-4-2/h5-6H,3-4H2,1-2H3,(H,9,10)(H,11,12);2H,1H3,(H,6,7)(H,8,9);2*3-4H2,1-2H3/p-4. The average molecular weight is 417 g/mol. The number of hydrogen-bond donors (Lipinski definition) is 0. The van der Waals surface area contributed by atoms with Crippen LogP contribution in [0.1, 0.15) is 87.0 Å². The monoisotopic (exact) mass is 416 g/mol. The molecule has 0 aliphatic heterocycles. The van der Waals surface area contributed by atoms with E-state index < -0.39 is 35.4 Å². The van der Waals surface area contributed by atoms with E-state index >= 15 is 0 Å². The zero-order valence-electron chi connectivity index (χ0n) is 18.7. The summed E-state index contributed by atoms with van der Waals surface area (Å²) in [4.78, 5) is 40.0. The Bertz CT molecular complexity index is 443. The van der Waals surface area contributed by atoms with Gasteiger partial charge in [-0.05, 0) is 25.7 Å². The van der Waals surface area contributed by atoms with Crippen molar-refractivity contribution in [1.82, 2.24) is 0 Å². The maximum absolute atomic E-state index is 10.2. The number of rotatable bonds is 9. The van der Waals surface area contributed by atoms with E-state index in [9.17, 15) is 39.6 Å². The first-order valence-electron chi connectivity index (χ1n) is 9.88. The first kappa shape index (κ1) is 34.1. The van der Waals surface area contributed by atoms with Crippen LogP contribution in [0.2, 0.25) is 0 Å². The minimum atomic E-state index is -1.72. The van der Waals surface area contributed by atoms with Crippen LogP contribution in [0.4, 0.5) is 0 Å². The molecule has 0 bridgehead atoms. The Kier molecular flexibility index (Phi) is 27.9. The van der Waals surface area contributed by atoms with Gasteiger partial charge in [-0.2, -0.15) is 0 Å². The predicted molar refractivity (Wildman–Crippen MR) is 103 cm³/mol. The van der Waals surface area contributed by atoms with Gasteiger partial charge in [0.1, 0.15) is 0 Å². The van der Waals surface area contributed by atoms with Gasteiger partial charge in [0.15, 0.2) is 0 Å². The van der Waals surface area contributed by atoms with E-state index in [0.717, 1.165) is 6.08 Å². The Morgan fingerprint density at radius 1 is 0.690 bits per heavy atom. The van der Waals surface area contributed by atoms with Crippen molar-refractivity contribution in [2.45, 2.75) is 87.0 Å². The molecule has 0 unspecified atom stereocenters. The summed E-state index contributed by atoms with van der Waals surface area (Å²) in [5.41, 5.74) is -0.824. The molecular weight excluding hydrogens is 380 g/mol. The summed E-state index contributed by atoms with van der Waals surface area (Å²) in [5.74, 6) is -7.75. The van der Waals surface area contributed by atoms with Gasteiger partial charge >= 0.3 is 0 Å². The molecule has 0 aromatic carbocycles. The van der Waals surface area contributed by atoms with Crippen molar-refractivity contribution in [2.24, 2.45) is 11.8 Å². The van der Waals surface area contributed by atoms with E-state index in [0.29, 0.717) is 6.42 Å². The van der Waals surface area contributed by atoms with E-state index in [1.165, 1.54) is 32.6 Å². The molecule has 0 aliphatic rings. The zero-order valence-corrected chi connectivity index (χ0v) is 18.7. The van der Waals surface area contributed by atoms with Crippen LogP contribution in [0.15, 0.2) is 11.6 Å².